The lowest BCUT2D eigenvalue weighted by molar-refractivity contribution is -0.132. The van der Waals surface area contributed by atoms with Gasteiger partial charge in [0.25, 0.3) is 0 Å². The minimum atomic E-state index is 0.0614. The third kappa shape index (κ3) is 6.16. The second kappa shape index (κ2) is 10.9. The van der Waals surface area contributed by atoms with Gasteiger partial charge in [0, 0.05) is 39.3 Å². The second-order valence-electron chi connectivity index (χ2n) is 8.86. The SMILES string of the molecule is CO[C@H]1CN(Cc2ccccc2)C(=O)CN(C2CCN(CCc3ccccc3)CC2)C1. The zero-order chi connectivity index (χ0) is 21.5. The predicted octanol–water partition coefficient (Wildman–Crippen LogP) is 3.05. The summed E-state index contributed by atoms with van der Waals surface area (Å²) in [6.07, 6.45) is 3.41. The molecule has 0 spiro atoms. The molecular weight excluding hydrogens is 386 g/mol. The number of hydrogen-bond acceptors (Lipinski definition) is 4. The van der Waals surface area contributed by atoms with Crippen LogP contribution in [0.3, 0.4) is 0 Å². The van der Waals surface area contributed by atoms with Crippen LogP contribution in [-0.4, -0.2) is 79.1 Å². The maximum atomic E-state index is 13.1. The number of ether oxygens (including phenoxy) is 1. The topological polar surface area (TPSA) is 36.0 Å². The molecule has 5 nitrogen and oxygen atoms in total. The maximum Gasteiger partial charge on any atom is 0.237 e. The molecule has 0 aliphatic carbocycles. The number of likely N-dealkylation sites (tertiary alicyclic amines) is 1. The van der Waals surface area contributed by atoms with E-state index in [2.05, 4.69) is 52.3 Å². The molecule has 2 aromatic carbocycles. The van der Waals surface area contributed by atoms with Gasteiger partial charge in [0.15, 0.2) is 0 Å². The molecule has 5 heteroatoms. The third-order valence-electron chi connectivity index (χ3n) is 6.74. The van der Waals surface area contributed by atoms with Crippen LogP contribution in [0.15, 0.2) is 60.7 Å². The summed E-state index contributed by atoms with van der Waals surface area (Å²) in [4.78, 5) is 20.0. The van der Waals surface area contributed by atoms with E-state index in [-0.39, 0.29) is 12.0 Å². The molecule has 2 fully saturated rings. The Morgan fingerprint density at radius 2 is 1.55 bits per heavy atom. The first-order valence-electron chi connectivity index (χ1n) is 11.6. The van der Waals surface area contributed by atoms with Gasteiger partial charge in [0.2, 0.25) is 5.91 Å². The molecule has 31 heavy (non-hydrogen) atoms. The lowest BCUT2D eigenvalue weighted by atomic mass is 10.0. The number of rotatable bonds is 7. The third-order valence-corrected chi connectivity index (χ3v) is 6.74. The van der Waals surface area contributed by atoms with Gasteiger partial charge >= 0.3 is 0 Å². The van der Waals surface area contributed by atoms with Gasteiger partial charge in [0.1, 0.15) is 0 Å². The van der Waals surface area contributed by atoms with Crippen LogP contribution in [0.5, 0.6) is 0 Å². The number of methoxy groups -OCH3 is 1. The molecule has 2 aliphatic heterocycles. The minimum Gasteiger partial charge on any atom is -0.378 e. The van der Waals surface area contributed by atoms with Crippen molar-refractivity contribution < 1.29 is 9.53 Å². The summed E-state index contributed by atoms with van der Waals surface area (Å²) in [5.74, 6) is 0.218. The lowest BCUT2D eigenvalue weighted by Gasteiger charge is -2.38. The summed E-state index contributed by atoms with van der Waals surface area (Å²) in [5.41, 5.74) is 2.58. The molecule has 2 heterocycles. The number of piperidine rings is 1. The molecule has 0 aromatic heterocycles. The summed E-state index contributed by atoms with van der Waals surface area (Å²) in [6, 6.07) is 21.4. The fourth-order valence-electron chi connectivity index (χ4n) is 4.83. The largest absolute Gasteiger partial charge is 0.378 e. The van der Waals surface area contributed by atoms with Crippen molar-refractivity contribution in [2.24, 2.45) is 0 Å². The normalized spacial score (nSPS) is 21.9. The Kier molecular flexibility index (Phi) is 7.73. The molecular formula is C26H35N3O2. The summed E-state index contributed by atoms with van der Waals surface area (Å²) >= 11 is 0. The van der Waals surface area contributed by atoms with Crippen molar-refractivity contribution in [3.8, 4) is 0 Å². The quantitative estimate of drug-likeness (QED) is 0.689. The Morgan fingerprint density at radius 3 is 2.19 bits per heavy atom. The van der Waals surface area contributed by atoms with Crippen LogP contribution in [0, 0.1) is 0 Å². The van der Waals surface area contributed by atoms with Gasteiger partial charge in [-0.05, 0) is 43.5 Å². The minimum absolute atomic E-state index is 0.0614. The van der Waals surface area contributed by atoms with Crippen LogP contribution in [0.4, 0.5) is 0 Å². The highest BCUT2D eigenvalue weighted by atomic mass is 16.5. The smallest absolute Gasteiger partial charge is 0.237 e. The molecule has 0 unspecified atom stereocenters. The number of nitrogens with zero attached hydrogens (tertiary/aromatic N) is 3. The van der Waals surface area contributed by atoms with Crippen LogP contribution in [0.25, 0.3) is 0 Å². The Hall–Kier alpha value is -2.21. The number of amides is 1. The fourth-order valence-corrected chi connectivity index (χ4v) is 4.83. The standard InChI is InChI=1S/C26H35N3O2/c1-31-25-19-28(21-26(30)29(20-25)18-23-10-6-3-7-11-23)24-13-16-27(17-14-24)15-12-22-8-4-2-5-9-22/h2-11,24-25H,12-21H2,1H3/t25-/m1/s1. The van der Waals surface area contributed by atoms with Crippen LogP contribution in [0.1, 0.15) is 24.0 Å². The van der Waals surface area contributed by atoms with Crippen molar-refractivity contribution in [2.75, 3.05) is 46.4 Å². The molecule has 1 amide bonds. The Morgan fingerprint density at radius 1 is 0.903 bits per heavy atom. The predicted molar refractivity (Wildman–Crippen MR) is 124 cm³/mol. The summed E-state index contributed by atoms with van der Waals surface area (Å²) < 4.78 is 5.77. The monoisotopic (exact) mass is 421 g/mol. The average molecular weight is 422 g/mol. The zero-order valence-corrected chi connectivity index (χ0v) is 18.7. The molecule has 166 valence electrons. The highest BCUT2D eigenvalue weighted by Crippen LogP contribution is 2.21. The Labute approximate surface area is 186 Å². The van der Waals surface area contributed by atoms with Gasteiger partial charge in [-0.25, -0.2) is 0 Å². The molecule has 0 saturated carbocycles. The van der Waals surface area contributed by atoms with Gasteiger partial charge in [-0.2, -0.15) is 0 Å². The van der Waals surface area contributed by atoms with E-state index in [4.69, 9.17) is 4.74 Å². The lowest BCUT2D eigenvalue weighted by Crippen LogP contribution is -2.48. The second-order valence-corrected chi connectivity index (χ2v) is 8.86. The van der Waals surface area contributed by atoms with Gasteiger partial charge in [0.05, 0.1) is 12.6 Å². The molecule has 1 atom stereocenters. The van der Waals surface area contributed by atoms with E-state index in [0.717, 1.165) is 45.4 Å². The van der Waals surface area contributed by atoms with Gasteiger partial charge in [-0.15, -0.1) is 0 Å². The molecule has 2 aromatic rings. The molecule has 0 bridgehead atoms. The number of carbonyl (C=O) groups excluding carboxylic acids is 1. The highest BCUT2D eigenvalue weighted by Gasteiger charge is 2.33. The first-order valence-corrected chi connectivity index (χ1v) is 11.6. The summed E-state index contributed by atoms with van der Waals surface area (Å²) in [7, 11) is 1.77. The average Bonchev–Trinajstić information content (AvgIpc) is 2.98. The Balaban J connectivity index is 1.30. The van der Waals surface area contributed by atoms with E-state index in [1.807, 2.05) is 23.1 Å². The molecule has 2 saturated heterocycles. The van der Waals surface area contributed by atoms with Gasteiger partial charge < -0.3 is 14.5 Å². The first-order chi connectivity index (χ1) is 15.2. The van der Waals surface area contributed by atoms with E-state index in [0.29, 0.717) is 25.7 Å². The van der Waals surface area contributed by atoms with E-state index >= 15 is 0 Å². The highest BCUT2D eigenvalue weighted by molar-refractivity contribution is 5.78. The zero-order valence-electron chi connectivity index (χ0n) is 18.7. The van der Waals surface area contributed by atoms with E-state index in [1.54, 1.807) is 7.11 Å². The van der Waals surface area contributed by atoms with Gasteiger partial charge in [-0.3, -0.25) is 9.69 Å². The number of benzene rings is 2. The van der Waals surface area contributed by atoms with Crippen LogP contribution >= 0.6 is 0 Å². The van der Waals surface area contributed by atoms with Crippen molar-refractivity contribution in [1.29, 1.82) is 0 Å². The van der Waals surface area contributed by atoms with Crippen molar-refractivity contribution in [3.63, 3.8) is 0 Å². The van der Waals surface area contributed by atoms with Crippen molar-refractivity contribution in [2.45, 2.75) is 38.0 Å². The van der Waals surface area contributed by atoms with Crippen molar-refractivity contribution >= 4 is 5.91 Å². The van der Waals surface area contributed by atoms with Crippen LogP contribution in [0.2, 0.25) is 0 Å². The maximum absolute atomic E-state index is 13.1. The molecule has 2 aliphatic rings. The molecule has 4 rings (SSSR count). The number of hydrogen-bond donors (Lipinski definition) is 0. The number of carbonyl (C=O) groups is 1. The van der Waals surface area contributed by atoms with E-state index in [9.17, 15) is 4.79 Å². The molecule has 0 N–H and O–H groups in total. The fraction of sp³-hybridized carbons (Fsp3) is 0.500. The molecule has 0 radical (unpaired) electrons. The van der Waals surface area contributed by atoms with Crippen LogP contribution in [-0.2, 0) is 22.5 Å². The van der Waals surface area contributed by atoms with Crippen LogP contribution < -0.4 is 0 Å². The van der Waals surface area contributed by atoms with E-state index in [1.165, 1.54) is 11.1 Å². The Bertz CT molecular complexity index is 806. The summed E-state index contributed by atoms with van der Waals surface area (Å²) in [5, 5.41) is 0. The first kappa shape index (κ1) is 22.0. The van der Waals surface area contributed by atoms with Gasteiger partial charge in [-0.1, -0.05) is 60.7 Å². The summed E-state index contributed by atoms with van der Waals surface area (Å²) in [6.45, 7) is 5.98. The van der Waals surface area contributed by atoms with E-state index < -0.39 is 0 Å². The van der Waals surface area contributed by atoms with Crippen molar-refractivity contribution in [3.05, 3.63) is 71.8 Å². The van der Waals surface area contributed by atoms with Crippen molar-refractivity contribution in [1.82, 2.24) is 14.7 Å².